The number of likely N-dealkylation sites (N-methyl/N-ethyl adjacent to an activating group) is 1. The number of Topliss-reactive ketones (excluding diaryl/α,β-unsaturated/α-hetero) is 1. The van der Waals surface area contributed by atoms with Crippen molar-refractivity contribution in [2.24, 2.45) is 5.41 Å². The van der Waals surface area contributed by atoms with Gasteiger partial charge in [-0.05, 0) is 30.7 Å². The number of carbonyl (C=O) groups excluding carboxylic acids is 2. The summed E-state index contributed by atoms with van der Waals surface area (Å²) in [5.41, 5.74) is 1.46. The van der Waals surface area contributed by atoms with Crippen molar-refractivity contribution >= 4 is 11.7 Å². The number of methoxy groups -OCH3 is 2. The molecule has 0 spiro atoms. The lowest BCUT2D eigenvalue weighted by molar-refractivity contribution is 0.0606. The second-order valence-electron chi connectivity index (χ2n) is 8.08. The maximum absolute atomic E-state index is 13.5. The molecular formula is C23H26N2O4. The van der Waals surface area contributed by atoms with Crippen LogP contribution in [0, 0.1) is 5.41 Å². The van der Waals surface area contributed by atoms with Gasteiger partial charge in [0.25, 0.3) is 5.91 Å². The van der Waals surface area contributed by atoms with Crippen LogP contribution in [-0.2, 0) is 6.54 Å². The van der Waals surface area contributed by atoms with Gasteiger partial charge < -0.3 is 14.4 Å². The number of hydrogen-bond acceptors (Lipinski definition) is 5. The standard InChI is InChI=1S/C23H26N2O4/c1-23-14-25(12-15-9-10-18(28-3)19(11-15)29-4)13-20(23)24(2)22(27)17-8-6-5-7-16(17)21(23)26/h5-11,20H,12-14H2,1-4H3/t20-,23+/m1/s1. The molecule has 0 saturated carbocycles. The van der Waals surface area contributed by atoms with Crippen molar-refractivity contribution in [3.05, 3.63) is 59.2 Å². The van der Waals surface area contributed by atoms with Gasteiger partial charge in [-0.25, -0.2) is 0 Å². The minimum absolute atomic E-state index is 0.0469. The Kier molecular flexibility index (Phi) is 4.82. The van der Waals surface area contributed by atoms with Gasteiger partial charge >= 0.3 is 0 Å². The Morgan fingerprint density at radius 3 is 2.41 bits per heavy atom. The molecule has 1 fully saturated rings. The summed E-state index contributed by atoms with van der Waals surface area (Å²) in [7, 11) is 5.04. The SMILES string of the molecule is COc1ccc(CN2C[C@H]3N(C)C(=O)c4ccccc4C(=O)[C@@]3(C)C2)cc1OC. The number of benzene rings is 2. The van der Waals surface area contributed by atoms with Gasteiger partial charge in [0.1, 0.15) is 0 Å². The average Bonchev–Trinajstić information content (AvgIpc) is 3.06. The zero-order chi connectivity index (χ0) is 20.8. The number of nitrogens with zero attached hydrogens (tertiary/aromatic N) is 2. The molecule has 29 heavy (non-hydrogen) atoms. The van der Waals surface area contributed by atoms with Crippen LogP contribution in [0.15, 0.2) is 42.5 Å². The van der Waals surface area contributed by atoms with Gasteiger partial charge in [0, 0.05) is 32.2 Å². The summed E-state index contributed by atoms with van der Waals surface area (Å²) in [6, 6.07) is 12.8. The molecule has 0 aliphatic carbocycles. The topological polar surface area (TPSA) is 59.1 Å². The number of fused-ring (bicyclic) bond motifs is 2. The minimum atomic E-state index is -0.645. The molecule has 0 bridgehead atoms. The quantitative estimate of drug-likeness (QED) is 0.798. The Morgan fingerprint density at radius 2 is 1.72 bits per heavy atom. The summed E-state index contributed by atoms with van der Waals surface area (Å²) < 4.78 is 10.7. The van der Waals surface area contributed by atoms with Gasteiger partial charge in [0.15, 0.2) is 17.3 Å². The van der Waals surface area contributed by atoms with E-state index in [1.165, 1.54) is 0 Å². The molecule has 2 heterocycles. The third-order valence-corrected chi connectivity index (χ3v) is 6.28. The van der Waals surface area contributed by atoms with E-state index in [2.05, 4.69) is 4.90 Å². The largest absolute Gasteiger partial charge is 0.493 e. The van der Waals surface area contributed by atoms with E-state index in [1.807, 2.05) is 37.3 Å². The normalized spacial score (nSPS) is 24.1. The lowest BCUT2D eigenvalue weighted by Crippen LogP contribution is -2.47. The Labute approximate surface area is 171 Å². The van der Waals surface area contributed by atoms with E-state index in [4.69, 9.17) is 9.47 Å². The molecule has 1 saturated heterocycles. The van der Waals surface area contributed by atoms with Crippen LogP contribution in [0.4, 0.5) is 0 Å². The highest BCUT2D eigenvalue weighted by Gasteiger charge is 2.53. The van der Waals surface area contributed by atoms with Crippen molar-refractivity contribution < 1.29 is 19.1 Å². The molecule has 152 valence electrons. The highest BCUT2D eigenvalue weighted by atomic mass is 16.5. The average molecular weight is 394 g/mol. The Hall–Kier alpha value is -2.86. The first kappa shape index (κ1) is 19.5. The van der Waals surface area contributed by atoms with E-state index in [1.54, 1.807) is 38.3 Å². The fraction of sp³-hybridized carbons (Fsp3) is 0.391. The van der Waals surface area contributed by atoms with Crippen LogP contribution >= 0.6 is 0 Å². The zero-order valence-electron chi connectivity index (χ0n) is 17.3. The molecule has 2 aliphatic rings. The lowest BCUT2D eigenvalue weighted by atomic mass is 9.78. The van der Waals surface area contributed by atoms with Crippen molar-refractivity contribution in [3.8, 4) is 11.5 Å². The molecule has 6 nitrogen and oxygen atoms in total. The molecule has 1 amide bonds. The van der Waals surface area contributed by atoms with Crippen molar-refractivity contribution in [2.45, 2.75) is 19.5 Å². The van der Waals surface area contributed by atoms with Crippen molar-refractivity contribution in [1.82, 2.24) is 9.80 Å². The Bertz CT molecular complexity index is 973. The van der Waals surface area contributed by atoms with Gasteiger partial charge in [-0.3, -0.25) is 14.5 Å². The predicted octanol–water partition coefficient (Wildman–Crippen LogP) is 2.86. The van der Waals surface area contributed by atoms with Gasteiger partial charge in [0.05, 0.1) is 31.2 Å². The first-order valence-electron chi connectivity index (χ1n) is 9.73. The third kappa shape index (κ3) is 3.08. The molecule has 0 unspecified atom stereocenters. The number of likely N-dealkylation sites (tertiary alicyclic amines) is 1. The van der Waals surface area contributed by atoms with E-state index in [-0.39, 0.29) is 17.7 Å². The second-order valence-corrected chi connectivity index (χ2v) is 8.08. The van der Waals surface area contributed by atoms with Gasteiger partial charge in [-0.15, -0.1) is 0 Å². The number of hydrogen-bond donors (Lipinski definition) is 0. The summed E-state index contributed by atoms with van der Waals surface area (Å²) in [4.78, 5) is 30.5. The summed E-state index contributed by atoms with van der Waals surface area (Å²) in [5, 5.41) is 0. The van der Waals surface area contributed by atoms with E-state index in [0.717, 1.165) is 5.56 Å². The maximum atomic E-state index is 13.5. The summed E-state index contributed by atoms with van der Waals surface area (Å²) in [6.45, 7) is 3.90. The first-order valence-corrected chi connectivity index (χ1v) is 9.73. The van der Waals surface area contributed by atoms with Gasteiger partial charge in [-0.1, -0.05) is 24.3 Å². The van der Waals surface area contributed by atoms with Crippen LogP contribution < -0.4 is 9.47 Å². The maximum Gasteiger partial charge on any atom is 0.254 e. The molecule has 6 heteroatoms. The predicted molar refractivity (Wildman–Crippen MR) is 110 cm³/mol. The fourth-order valence-corrected chi connectivity index (χ4v) is 4.72. The van der Waals surface area contributed by atoms with E-state index in [9.17, 15) is 9.59 Å². The molecule has 2 aromatic rings. The molecule has 0 N–H and O–H groups in total. The Morgan fingerprint density at radius 1 is 1.03 bits per heavy atom. The van der Waals surface area contributed by atoms with Gasteiger partial charge in [-0.2, -0.15) is 0 Å². The second kappa shape index (κ2) is 7.19. The monoisotopic (exact) mass is 394 g/mol. The molecule has 2 aliphatic heterocycles. The third-order valence-electron chi connectivity index (χ3n) is 6.28. The van der Waals surface area contributed by atoms with Crippen molar-refractivity contribution in [3.63, 3.8) is 0 Å². The highest BCUT2D eigenvalue weighted by molar-refractivity contribution is 6.12. The van der Waals surface area contributed by atoms with Crippen molar-refractivity contribution in [1.29, 1.82) is 0 Å². The van der Waals surface area contributed by atoms with E-state index < -0.39 is 5.41 Å². The summed E-state index contributed by atoms with van der Waals surface area (Å²) in [6.07, 6.45) is 0. The van der Waals surface area contributed by atoms with Crippen LogP contribution in [0.2, 0.25) is 0 Å². The minimum Gasteiger partial charge on any atom is -0.493 e. The van der Waals surface area contributed by atoms with Crippen LogP contribution in [-0.4, -0.2) is 61.9 Å². The smallest absolute Gasteiger partial charge is 0.254 e. The molecule has 2 aromatic carbocycles. The Balaban J connectivity index is 1.64. The van der Waals surface area contributed by atoms with Crippen LogP contribution in [0.25, 0.3) is 0 Å². The van der Waals surface area contributed by atoms with Crippen LogP contribution in [0.1, 0.15) is 33.2 Å². The number of carbonyl (C=O) groups is 2. The molecular weight excluding hydrogens is 368 g/mol. The molecule has 4 rings (SSSR count). The summed E-state index contributed by atoms with van der Waals surface area (Å²) >= 11 is 0. The summed E-state index contributed by atoms with van der Waals surface area (Å²) in [5.74, 6) is 1.33. The van der Waals surface area contributed by atoms with E-state index >= 15 is 0 Å². The van der Waals surface area contributed by atoms with E-state index in [0.29, 0.717) is 42.3 Å². The van der Waals surface area contributed by atoms with Crippen LogP contribution in [0.3, 0.4) is 0 Å². The molecule has 0 radical (unpaired) electrons. The zero-order valence-corrected chi connectivity index (χ0v) is 17.3. The number of ketones is 1. The van der Waals surface area contributed by atoms with Crippen LogP contribution in [0.5, 0.6) is 11.5 Å². The number of amides is 1. The van der Waals surface area contributed by atoms with Gasteiger partial charge in [0.2, 0.25) is 0 Å². The molecule has 2 atom stereocenters. The fourth-order valence-electron chi connectivity index (χ4n) is 4.72. The lowest BCUT2D eigenvalue weighted by Gasteiger charge is -2.32. The van der Waals surface area contributed by atoms with Crippen molar-refractivity contribution in [2.75, 3.05) is 34.4 Å². The first-order chi connectivity index (χ1) is 13.9. The number of rotatable bonds is 4. The highest BCUT2D eigenvalue weighted by Crippen LogP contribution is 2.41. The number of ether oxygens (including phenoxy) is 2. The molecule has 0 aromatic heterocycles.